The molecule has 0 saturated carbocycles. The molecule has 3 heterocycles. The minimum absolute atomic E-state index is 0.00308. The molecule has 6 heteroatoms. The van der Waals surface area contributed by atoms with Crippen LogP contribution in [0.5, 0.6) is 0 Å². The maximum Gasteiger partial charge on any atom is 0.282 e. The number of carbonyl (C=O) groups is 1. The van der Waals surface area contributed by atoms with Crippen molar-refractivity contribution in [3.05, 3.63) is 39.7 Å². The van der Waals surface area contributed by atoms with Crippen LogP contribution in [0.15, 0.2) is 23.0 Å². The van der Waals surface area contributed by atoms with E-state index in [0.717, 1.165) is 38.2 Å². The first-order chi connectivity index (χ1) is 10.1. The monoisotopic (exact) mass is 305 g/mol. The number of aromatic nitrogens is 1. The summed E-state index contributed by atoms with van der Waals surface area (Å²) in [5, 5.41) is 0.619. The molecular weight excluding hydrogens is 286 g/mol. The third-order valence-corrected chi connectivity index (χ3v) is 4.82. The quantitative estimate of drug-likeness (QED) is 0.871. The first kappa shape index (κ1) is 14.3. The van der Waals surface area contributed by atoms with Gasteiger partial charge in [0.25, 0.3) is 5.91 Å². The number of rotatable bonds is 3. The van der Waals surface area contributed by atoms with Crippen LogP contribution in [0.25, 0.3) is 0 Å². The predicted octanol–water partition coefficient (Wildman–Crippen LogP) is 2.04. The van der Waals surface area contributed by atoms with E-state index in [1.807, 2.05) is 6.07 Å². The second-order valence-electron chi connectivity index (χ2n) is 5.50. The fourth-order valence-electron chi connectivity index (χ4n) is 2.49. The van der Waals surface area contributed by atoms with Gasteiger partial charge in [-0.25, -0.2) is 4.98 Å². The van der Waals surface area contributed by atoms with Gasteiger partial charge in [-0.3, -0.25) is 9.69 Å². The minimum atomic E-state index is 0.00308. The molecule has 1 aliphatic heterocycles. The molecule has 0 bridgehead atoms. The number of hydrogen-bond acceptors (Lipinski definition) is 5. The summed E-state index contributed by atoms with van der Waals surface area (Å²) in [5.41, 5.74) is 2.30. The first-order valence-corrected chi connectivity index (χ1v) is 7.89. The molecule has 21 heavy (non-hydrogen) atoms. The molecule has 3 rings (SSSR count). The first-order valence-electron chi connectivity index (χ1n) is 7.07. The maximum absolute atomic E-state index is 12.0. The van der Waals surface area contributed by atoms with Crippen molar-refractivity contribution < 1.29 is 9.21 Å². The van der Waals surface area contributed by atoms with Crippen molar-refractivity contribution in [2.45, 2.75) is 19.4 Å². The van der Waals surface area contributed by atoms with Gasteiger partial charge in [-0.05, 0) is 12.5 Å². The highest BCUT2D eigenvalue weighted by Crippen LogP contribution is 2.24. The average molecular weight is 305 g/mol. The predicted molar refractivity (Wildman–Crippen MR) is 81.5 cm³/mol. The van der Waals surface area contributed by atoms with Crippen LogP contribution in [0.4, 0.5) is 0 Å². The maximum atomic E-state index is 12.0. The molecule has 0 saturated heterocycles. The number of fused-ring (bicyclic) bond motifs is 1. The summed E-state index contributed by atoms with van der Waals surface area (Å²) in [6.45, 7) is 2.88. The van der Waals surface area contributed by atoms with Gasteiger partial charge in [0.1, 0.15) is 0 Å². The molecule has 112 valence electrons. The number of nitrogens with zero attached hydrogens (tertiary/aromatic N) is 3. The van der Waals surface area contributed by atoms with E-state index in [-0.39, 0.29) is 5.91 Å². The smallest absolute Gasteiger partial charge is 0.282 e. The Labute approximate surface area is 128 Å². The Morgan fingerprint density at radius 2 is 2.24 bits per heavy atom. The summed E-state index contributed by atoms with van der Waals surface area (Å²) in [6, 6.07) is 2.01. The Balaban J connectivity index is 1.67. The molecule has 0 fully saturated rings. The molecule has 0 radical (unpaired) electrons. The lowest BCUT2D eigenvalue weighted by Gasteiger charge is -2.18. The molecule has 0 spiro atoms. The Kier molecular flexibility index (Phi) is 4.07. The van der Waals surface area contributed by atoms with Crippen LogP contribution in [0.3, 0.4) is 0 Å². The normalized spacial score (nSPS) is 15.5. The van der Waals surface area contributed by atoms with Gasteiger partial charge in [-0.1, -0.05) is 0 Å². The molecule has 2 aromatic heterocycles. The van der Waals surface area contributed by atoms with Crippen LogP contribution < -0.4 is 0 Å². The molecule has 1 aliphatic rings. The van der Waals surface area contributed by atoms with Gasteiger partial charge >= 0.3 is 0 Å². The second kappa shape index (κ2) is 5.99. The van der Waals surface area contributed by atoms with Crippen LogP contribution in [-0.2, 0) is 19.4 Å². The van der Waals surface area contributed by atoms with E-state index in [1.165, 1.54) is 10.4 Å². The van der Waals surface area contributed by atoms with Crippen molar-refractivity contribution in [1.82, 2.24) is 14.8 Å². The SMILES string of the molecule is CN(C)C(=O)c1nc2c(s1)CCN(Cc1ccoc1)CC2. The number of thiazole rings is 1. The Hall–Kier alpha value is -1.66. The zero-order chi connectivity index (χ0) is 14.8. The van der Waals surface area contributed by atoms with E-state index >= 15 is 0 Å². The minimum Gasteiger partial charge on any atom is -0.472 e. The highest BCUT2D eigenvalue weighted by Gasteiger charge is 2.21. The Morgan fingerprint density at radius 1 is 1.43 bits per heavy atom. The van der Waals surface area contributed by atoms with Crippen molar-refractivity contribution >= 4 is 17.2 Å². The number of amides is 1. The highest BCUT2D eigenvalue weighted by molar-refractivity contribution is 7.13. The Morgan fingerprint density at radius 3 is 2.95 bits per heavy atom. The number of hydrogen-bond donors (Lipinski definition) is 0. The molecule has 0 unspecified atom stereocenters. The molecule has 0 atom stereocenters. The summed E-state index contributed by atoms with van der Waals surface area (Å²) in [4.78, 5) is 21.8. The molecule has 1 amide bonds. The molecule has 2 aromatic rings. The van der Waals surface area contributed by atoms with E-state index < -0.39 is 0 Å². The van der Waals surface area contributed by atoms with E-state index in [4.69, 9.17) is 4.42 Å². The zero-order valence-corrected chi connectivity index (χ0v) is 13.2. The van der Waals surface area contributed by atoms with Crippen LogP contribution >= 0.6 is 11.3 Å². The average Bonchev–Trinajstić information content (AvgIpc) is 3.07. The third-order valence-electron chi connectivity index (χ3n) is 3.67. The van der Waals surface area contributed by atoms with Gasteiger partial charge in [0.2, 0.25) is 0 Å². The van der Waals surface area contributed by atoms with Gasteiger partial charge in [-0.15, -0.1) is 11.3 Å². The molecule has 5 nitrogen and oxygen atoms in total. The largest absolute Gasteiger partial charge is 0.472 e. The number of furan rings is 1. The molecular formula is C15H19N3O2S. The Bertz CT molecular complexity index is 593. The lowest BCUT2D eigenvalue weighted by molar-refractivity contribution is 0.0827. The van der Waals surface area contributed by atoms with Crippen molar-refractivity contribution in [2.75, 3.05) is 27.2 Å². The van der Waals surface area contributed by atoms with Gasteiger partial charge in [-0.2, -0.15) is 0 Å². The van der Waals surface area contributed by atoms with Crippen LogP contribution in [0.2, 0.25) is 0 Å². The summed E-state index contributed by atoms with van der Waals surface area (Å²) in [6.07, 6.45) is 5.38. The van der Waals surface area contributed by atoms with E-state index in [0.29, 0.717) is 5.01 Å². The summed E-state index contributed by atoms with van der Waals surface area (Å²) in [7, 11) is 3.53. The van der Waals surface area contributed by atoms with Gasteiger partial charge in [0, 0.05) is 50.6 Å². The van der Waals surface area contributed by atoms with Crippen molar-refractivity contribution in [3.8, 4) is 0 Å². The second-order valence-corrected chi connectivity index (χ2v) is 6.58. The van der Waals surface area contributed by atoms with Gasteiger partial charge in [0.05, 0.1) is 18.2 Å². The van der Waals surface area contributed by atoms with E-state index in [2.05, 4.69) is 9.88 Å². The fourth-order valence-corrected chi connectivity index (χ4v) is 3.61. The van der Waals surface area contributed by atoms with Crippen molar-refractivity contribution in [3.63, 3.8) is 0 Å². The number of carbonyl (C=O) groups excluding carboxylic acids is 1. The summed E-state index contributed by atoms with van der Waals surface area (Å²) < 4.78 is 5.12. The van der Waals surface area contributed by atoms with E-state index in [9.17, 15) is 4.79 Å². The molecule has 0 aromatic carbocycles. The van der Waals surface area contributed by atoms with Crippen LogP contribution in [0, 0.1) is 0 Å². The van der Waals surface area contributed by atoms with Crippen LogP contribution in [-0.4, -0.2) is 47.9 Å². The lowest BCUT2D eigenvalue weighted by atomic mass is 10.2. The van der Waals surface area contributed by atoms with Gasteiger partial charge in [0.15, 0.2) is 5.01 Å². The van der Waals surface area contributed by atoms with Gasteiger partial charge < -0.3 is 9.32 Å². The van der Waals surface area contributed by atoms with Crippen molar-refractivity contribution in [2.24, 2.45) is 0 Å². The fraction of sp³-hybridized carbons (Fsp3) is 0.467. The summed E-state index contributed by atoms with van der Waals surface area (Å²) in [5.74, 6) is 0.00308. The summed E-state index contributed by atoms with van der Waals surface area (Å²) >= 11 is 1.55. The van der Waals surface area contributed by atoms with E-state index in [1.54, 1.807) is 42.9 Å². The lowest BCUT2D eigenvalue weighted by Crippen LogP contribution is -2.26. The van der Waals surface area contributed by atoms with Crippen LogP contribution in [0.1, 0.15) is 25.9 Å². The van der Waals surface area contributed by atoms with Crippen molar-refractivity contribution in [1.29, 1.82) is 0 Å². The topological polar surface area (TPSA) is 49.6 Å². The molecule has 0 aliphatic carbocycles. The third kappa shape index (κ3) is 3.16. The zero-order valence-electron chi connectivity index (χ0n) is 12.3. The molecule has 0 N–H and O–H groups in total. The standard InChI is InChI=1S/C15H19N3O2S/c1-17(2)15(19)14-16-12-3-6-18(7-4-13(12)21-14)9-11-5-8-20-10-11/h5,8,10H,3-4,6-7,9H2,1-2H3. The highest BCUT2D eigenvalue weighted by atomic mass is 32.1.